The number of hydrogen-bond donors (Lipinski definition) is 2. The van der Waals surface area contributed by atoms with Crippen LogP contribution in [0.4, 0.5) is 19.1 Å². The van der Waals surface area contributed by atoms with Crippen molar-refractivity contribution in [2.45, 2.75) is 24.5 Å². The molecule has 2 rings (SSSR count). The van der Waals surface area contributed by atoms with Crippen LogP contribution in [-0.4, -0.2) is 52.5 Å². The van der Waals surface area contributed by atoms with Crippen molar-refractivity contribution in [2.24, 2.45) is 0 Å². The van der Waals surface area contributed by atoms with Crippen LogP contribution < -0.4 is 9.62 Å². The highest BCUT2D eigenvalue weighted by Gasteiger charge is 2.54. The lowest BCUT2D eigenvalue weighted by Crippen LogP contribution is -2.71. The Kier molecular flexibility index (Phi) is 2.97. The zero-order valence-corrected chi connectivity index (χ0v) is 10.0. The lowest BCUT2D eigenvalue weighted by molar-refractivity contribution is -0.126. The van der Waals surface area contributed by atoms with Crippen LogP contribution in [0.2, 0.25) is 0 Å². The van der Waals surface area contributed by atoms with Gasteiger partial charge in [0.25, 0.3) is 5.95 Å². The van der Waals surface area contributed by atoms with Crippen LogP contribution in [0, 0.1) is 0 Å². The Hall–Kier alpha value is -1.76. The fourth-order valence-electron chi connectivity index (χ4n) is 1.55. The van der Waals surface area contributed by atoms with Crippen molar-refractivity contribution in [3.63, 3.8) is 0 Å². The van der Waals surface area contributed by atoms with E-state index in [0.717, 1.165) is 4.90 Å². The van der Waals surface area contributed by atoms with Gasteiger partial charge < -0.3 is 0 Å². The van der Waals surface area contributed by atoms with E-state index in [4.69, 9.17) is 0 Å². The van der Waals surface area contributed by atoms with E-state index in [1.165, 1.54) is 11.6 Å². The van der Waals surface area contributed by atoms with Crippen LogP contribution in [0.3, 0.4) is 0 Å². The molecule has 9 nitrogen and oxygen atoms in total. The van der Waals surface area contributed by atoms with Gasteiger partial charge in [0.1, 0.15) is 6.04 Å². The number of tetrazole rings is 1. The number of aromatic nitrogens is 4. The first kappa shape index (κ1) is 13.7. The summed E-state index contributed by atoms with van der Waals surface area (Å²) in [5.41, 5.74) is -5.47. The molecule has 1 aromatic heterocycles. The van der Waals surface area contributed by atoms with Crippen LogP contribution in [0.5, 0.6) is 0 Å². The summed E-state index contributed by atoms with van der Waals surface area (Å²) >= 11 is 0. The number of hydrogen-bond acceptors (Lipinski definition) is 6. The molecule has 0 aliphatic carbocycles. The SMILES string of the molecule is C[C@@H]1[C@H](NS(=O)(=O)C(F)(F)F)C(=O)N1c1nn[nH]n1. The van der Waals surface area contributed by atoms with Gasteiger partial charge in [-0.3, -0.25) is 9.69 Å². The Morgan fingerprint density at radius 2 is 2.05 bits per heavy atom. The zero-order valence-electron chi connectivity index (χ0n) is 9.21. The second kappa shape index (κ2) is 4.12. The van der Waals surface area contributed by atoms with Crippen LogP contribution >= 0.6 is 0 Å². The fraction of sp³-hybridized carbons (Fsp3) is 0.667. The molecule has 0 spiro atoms. The molecule has 1 aliphatic heterocycles. The number of alkyl halides is 3. The van der Waals surface area contributed by atoms with Gasteiger partial charge >= 0.3 is 15.5 Å². The third kappa shape index (κ3) is 2.14. The molecule has 13 heteroatoms. The number of halogens is 3. The van der Waals surface area contributed by atoms with Gasteiger partial charge in [0.2, 0.25) is 5.91 Å². The summed E-state index contributed by atoms with van der Waals surface area (Å²) in [4.78, 5) is 12.5. The van der Waals surface area contributed by atoms with Gasteiger partial charge in [-0.15, -0.1) is 5.10 Å². The largest absolute Gasteiger partial charge is 0.511 e. The minimum Gasteiger partial charge on any atom is -0.272 e. The van der Waals surface area contributed by atoms with E-state index in [9.17, 15) is 26.4 Å². The average molecular weight is 300 g/mol. The van der Waals surface area contributed by atoms with Crippen molar-refractivity contribution in [2.75, 3.05) is 4.90 Å². The molecule has 0 bridgehead atoms. The normalized spacial score (nSPS) is 24.4. The van der Waals surface area contributed by atoms with Crippen molar-refractivity contribution in [3.05, 3.63) is 0 Å². The first-order chi connectivity index (χ1) is 8.65. The van der Waals surface area contributed by atoms with E-state index in [-0.39, 0.29) is 5.95 Å². The quantitative estimate of drug-likeness (QED) is 0.672. The standard InChI is InChI=1S/C6H7F3N6O3S/c1-2-3(12-19(17,18)6(7,8)9)4(16)15(2)5-10-13-14-11-5/h2-3,12H,1H3,(H,10,11,13,14)/t2-,3+/m1/s1. The molecule has 1 aliphatic rings. The van der Waals surface area contributed by atoms with Gasteiger partial charge in [-0.25, -0.2) is 8.42 Å². The highest BCUT2D eigenvalue weighted by Crippen LogP contribution is 2.28. The van der Waals surface area contributed by atoms with E-state index >= 15 is 0 Å². The molecule has 1 fully saturated rings. The lowest BCUT2D eigenvalue weighted by atomic mass is 9.99. The van der Waals surface area contributed by atoms with E-state index in [0.29, 0.717) is 0 Å². The van der Waals surface area contributed by atoms with E-state index in [1.807, 2.05) is 0 Å². The van der Waals surface area contributed by atoms with Crippen molar-refractivity contribution >= 4 is 21.9 Å². The number of H-pyrrole nitrogens is 1. The molecule has 0 aromatic carbocycles. The highest BCUT2D eigenvalue weighted by atomic mass is 32.2. The fourth-order valence-corrected chi connectivity index (χ4v) is 2.31. The smallest absolute Gasteiger partial charge is 0.272 e. The van der Waals surface area contributed by atoms with E-state index < -0.39 is 33.5 Å². The average Bonchev–Trinajstić information content (AvgIpc) is 2.78. The molecule has 1 aromatic rings. The summed E-state index contributed by atoms with van der Waals surface area (Å²) < 4.78 is 59.6. The molecule has 0 radical (unpaired) electrons. The third-order valence-corrected chi connectivity index (χ3v) is 3.70. The molecule has 2 heterocycles. The summed E-state index contributed by atoms with van der Waals surface area (Å²) in [6.45, 7) is 1.35. The Morgan fingerprint density at radius 1 is 1.42 bits per heavy atom. The van der Waals surface area contributed by atoms with Crippen LogP contribution in [0.15, 0.2) is 0 Å². The summed E-state index contributed by atoms with van der Waals surface area (Å²) in [5, 5.41) is 12.2. The van der Waals surface area contributed by atoms with Crippen molar-refractivity contribution in [3.8, 4) is 0 Å². The number of aromatic amines is 1. The van der Waals surface area contributed by atoms with Crippen LogP contribution in [0.25, 0.3) is 0 Å². The Balaban J connectivity index is 2.13. The predicted molar refractivity (Wildman–Crippen MR) is 53.0 cm³/mol. The number of β-lactam (4-membered cyclic amide) rings is 1. The number of sulfonamides is 1. The Bertz CT molecular complexity index is 584. The topological polar surface area (TPSA) is 121 Å². The van der Waals surface area contributed by atoms with Crippen molar-refractivity contribution in [1.29, 1.82) is 0 Å². The minimum absolute atomic E-state index is 0.139. The first-order valence-electron chi connectivity index (χ1n) is 4.80. The number of nitrogens with zero attached hydrogens (tertiary/aromatic N) is 4. The maximum absolute atomic E-state index is 12.2. The number of anilines is 1. The van der Waals surface area contributed by atoms with Crippen molar-refractivity contribution in [1.82, 2.24) is 25.3 Å². The molecule has 0 saturated carbocycles. The molecule has 106 valence electrons. The summed E-state index contributed by atoms with van der Waals surface area (Å²) in [7, 11) is -5.58. The number of nitrogens with one attached hydrogen (secondary N) is 2. The molecular weight excluding hydrogens is 293 g/mol. The summed E-state index contributed by atoms with van der Waals surface area (Å²) in [6, 6.07) is -2.37. The van der Waals surface area contributed by atoms with E-state index in [1.54, 1.807) is 0 Å². The second-order valence-electron chi connectivity index (χ2n) is 3.71. The van der Waals surface area contributed by atoms with Crippen molar-refractivity contribution < 1.29 is 26.4 Å². The molecule has 0 unspecified atom stereocenters. The minimum atomic E-state index is -5.58. The zero-order chi connectivity index (χ0) is 14.4. The third-order valence-electron chi connectivity index (χ3n) is 2.53. The Morgan fingerprint density at radius 3 is 2.47 bits per heavy atom. The van der Waals surface area contributed by atoms with Gasteiger partial charge in [0.05, 0.1) is 6.04 Å². The number of rotatable bonds is 3. The maximum Gasteiger partial charge on any atom is 0.511 e. The van der Waals surface area contributed by atoms with Crippen LogP contribution in [0.1, 0.15) is 6.92 Å². The first-order valence-corrected chi connectivity index (χ1v) is 6.28. The number of carbonyl (C=O) groups is 1. The predicted octanol–water partition coefficient (Wildman–Crippen LogP) is -1.26. The maximum atomic E-state index is 12.2. The van der Waals surface area contributed by atoms with Gasteiger partial charge in [-0.1, -0.05) is 5.10 Å². The number of amides is 1. The van der Waals surface area contributed by atoms with Gasteiger partial charge in [-0.2, -0.15) is 23.1 Å². The second-order valence-corrected chi connectivity index (χ2v) is 5.41. The van der Waals surface area contributed by atoms with Gasteiger partial charge in [0, 0.05) is 0 Å². The molecule has 2 N–H and O–H groups in total. The summed E-state index contributed by atoms with van der Waals surface area (Å²) in [6.07, 6.45) is 0. The van der Waals surface area contributed by atoms with Gasteiger partial charge in [-0.05, 0) is 12.1 Å². The van der Waals surface area contributed by atoms with E-state index in [2.05, 4.69) is 20.6 Å². The number of carbonyl (C=O) groups excluding carboxylic acids is 1. The molecule has 2 atom stereocenters. The van der Waals surface area contributed by atoms with Gasteiger partial charge in [0.15, 0.2) is 0 Å². The highest BCUT2D eigenvalue weighted by molar-refractivity contribution is 7.90. The Labute approximate surface area is 104 Å². The molecule has 19 heavy (non-hydrogen) atoms. The lowest BCUT2D eigenvalue weighted by Gasteiger charge is -2.42. The molecular formula is C6H7F3N6O3S. The van der Waals surface area contributed by atoms with Crippen LogP contribution in [-0.2, 0) is 14.8 Å². The summed E-state index contributed by atoms with van der Waals surface area (Å²) in [5.74, 6) is -1.03. The molecule has 1 amide bonds. The molecule has 1 saturated heterocycles. The monoisotopic (exact) mass is 300 g/mol.